The van der Waals surface area contributed by atoms with Crippen molar-refractivity contribution in [3.63, 3.8) is 0 Å². The van der Waals surface area contributed by atoms with E-state index in [1.165, 1.54) is 4.57 Å². The molecule has 0 aliphatic carbocycles. The zero-order valence-electron chi connectivity index (χ0n) is 16.3. The largest absolute Gasteiger partial charge is 0.420 e. The highest BCUT2D eigenvalue weighted by molar-refractivity contribution is 6.00. The van der Waals surface area contributed by atoms with Gasteiger partial charge in [-0.2, -0.15) is 0 Å². The van der Waals surface area contributed by atoms with Crippen LogP contribution in [0.5, 0.6) is 0 Å². The molecule has 1 atom stereocenters. The molecule has 0 bridgehead atoms. The molecule has 2 heterocycles. The van der Waals surface area contributed by atoms with Crippen molar-refractivity contribution in [3.05, 3.63) is 34.3 Å². The number of fused-ring (bicyclic) bond motifs is 1. The van der Waals surface area contributed by atoms with E-state index >= 15 is 0 Å². The van der Waals surface area contributed by atoms with Crippen LogP contribution in [-0.2, 0) is 20.7 Å². The third kappa shape index (κ3) is 4.69. The van der Waals surface area contributed by atoms with Gasteiger partial charge >= 0.3 is 5.76 Å². The lowest BCUT2D eigenvalue weighted by atomic mass is 10.0. The van der Waals surface area contributed by atoms with E-state index in [0.717, 1.165) is 18.4 Å². The number of hydrogen-bond acceptors (Lipinski definition) is 6. The molecule has 1 aliphatic heterocycles. The molecule has 0 radical (unpaired) electrons. The Bertz CT molecular complexity index is 922. The summed E-state index contributed by atoms with van der Waals surface area (Å²) in [5.41, 5.74) is 7.64. The minimum Gasteiger partial charge on any atom is -0.407 e. The minimum atomic E-state index is -0.732. The van der Waals surface area contributed by atoms with Crippen LogP contribution in [0.4, 0.5) is 0 Å². The van der Waals surface area contributed by atoms with Gasteiger partial charge in [-0.15, -0.1) is 0 Å². The molecule has 1 aliphatic rings. The quantitative estimate of drug-likeness (QED) is 0.524. The van der Waals surface area contributed by atoms with Gasteiger partial charge in [0.1, 0.15) is 6.04 Å². The second-order valence-electron chi connectivity index (χ2n) is 7.92. The highest BCUT2D eigenvalue weighted by Crippen LogP contribution is 2.25. The smallest absolute Gasteiger partial charge is 0.407 e. The van der Waals surface area contributed by atoms with Gasteiger partial charge in [-0.25, -0.2) is 4.79 Å². The summed E-state index contributed by atoms with van der Waals surface area (Å²) in [5, 5.41) is 2.28. The van der Waals surface area contributed by atoms with Crippen LogP contribution in [0.15, 0.2) is 27.4 Å². The molecule has 1 fully saturated rings. The summed E-state index contributed by atoms with van der Waals surface area (Å²) >= 11 is 0. The Morgan fingerprint density at radius 2 is 2.07 bits per heavy atom. The first-order chi connectivity index (χ1) is 13.3. The molecule has 1 aromatic heterocycles. The molecule has 3 rings (SSSR count). The van der Waals surface area contributed by atoms with Crippen molar-refractivity contribution in [2.24, 2.45) is 5.73 Å². The first-order valence-corrected chi connectivity index (χ1v) is 9.59. The maximum atomic E-state index is 12.4. The van der Waals surface area contributed by atoms with Gasteiger partial charge in [0.05, 0.1) is 5.52 Å². The molecule has 2 aromatic rings. The summed E-state index contributed by atoms with van der Waals surface area (Å²) < 4.78 is 12.4. The number of piperidine rings is 1. The molecule has 28 heavy (non-hydrogen) atoms. The second-order valence-corrected chi connectivity index (χ2v) is 7.92. The van der Waals surface area contributed by atoms with E-state index in [-0.39, 0.29) is 24.3 Å². The van der Waals surface area contributed by atoms with Crippen molar-refractivity contribution in [1.82, 2.24) is 9.88 Å². The molecule has 1 unspecified atom stereocenters. The van der Waals surface area contributed by atoms with Gasteiger partial charge in [0.25, 0.3) is 0 Å². The number of amides is 2. The number of carbonyl (C=O) groups excluding carboxylic acids is 2. The summed E-state index contributed by atoms with van der Waals surface area (Å²) in [6.07, 6.45) is 2.73. The van der Waals surface area contributed by atoms with Crippen molar-refractivity contribution in [3.8, 4) is 0 Å². The van der Waals surface area contributed by atoms with Gasteiger partial charge in [0.2, 0.25) is 11.8 Å². The molecule has 8 heteroatoms. The molecule has 8 nitrogen and oxygen atoms in total. The van der Waals surface area contributed by atoms with Crippen molar-refractivity contribution in [1.29, 1.82) is 0 Å². The number of ether oxygens (including phenoxy) is 1. The summed E-state index contributed by atoms with van der Waals surface area (Å²) in [4.78, 5) is 36.0. The Labute approximate surface area is 163 Å². The third-order valence-electron chi connectivity index (χ3n) is 4.87. The zero-order valence-corrected chi connectivity index (χ0v) is 16.3. The van der Waals surface area contributed by atoms with Gasteiger partial charge in [0, 0.05) is 25.2 Å². The number of aryl methyl sites for hydroxylation is 1. The Kier molecular flexibility index (Phi) is 6.00. The predicted molar refractivity (Wildman–Crippen MR) is 104 cm³/mol. The highest BCUT2D eigenvalue weighted by atomic mass is 16.5. The molecular weight excluding hydrogens is 362 g/mol. The summed E-state index contributed by atoms with van der Waals surface area (Å²) in [5.74, 6) is -1.37. The fourth-order valence-corrected chi connectivity index (χ4v) is 3.34. The van der Waals surface area contributed by atoms with E-state index in [0.29, 0.717) is 30.7 Å². The van der Waals surface area contributed by atoms with Gasteiger partial charge in [-0.1, -0.05) is 12.1 Å². The Morgan fingerprint density at radius 1 is 1.29 bits per heavy atom. The van der Waals surface area contributed by atoms with Crippen LogP contribution in [0.25, 0.3) is 11.1 Å². The fraction of sp³-hybridized carbons (Fsp3) is 0.550. The summed E-state index contributed by atoms with van der Waals surface area (Å²) in [6.45, 7) is 5.12. The Morgan fingerprint density at radius 3 is 2.79 bits per heavy atom. The van der Waals surface area contributed by atoms with Gasteiger partial charge < -0.3 is 14.9 Å². The van der Waals surface area contributed by atoms with Crippen LogP contribution in [0.2, 0.25) is 0 Å². The number of carbonyl (C=O) groups is 2. The van der Waals surface area contributed by atoms with E-state index in [1.807, 2.05) is 26.0 Å². The Hall–Kier alpha value is -2.45. The first kappa shape index (κ1) is 20.3. The number of nitrogens with two attached hydrogens (primary N) is 1. The second kappa shape index (κ2) is 8.28. The molecular formula is C20H27N3O5. The molecule has 3 N–H and O–H groups in total. The lowest BCUT2D eigenvalue weighted by Crippen LogP contribution is -2.43. The van der Waals surface area contributed by atoms with E-state index in [4.69, 9.17) is 14.9 Å². The molecule has 2 amide bonds. The maximum absolute atomic E-state index is 12.4. The van der Waals surface area contributed by atoms with Crippen molar-refractivity contribution >= 4 is 22.9 Å². The number of hydrogen-bond donors (Lipinski definition) is 2. The fourth-order valence-electron chi connectivity index (χ4n) is 3.34. The Balaban J connectivity index is 1.69. The van der Waals surface area contributed by atoms with Crippen LogP contribution >= 0.6 is 0 Å². The molecule has 0 saturated carbocycles. The molecule has 0 spiro atoms. The SMILES string of the molecule is CC(C)(N)CCOCCCc1cccc2c1oc(=O)n2C1CCC(=O)NC1=O. The average Bonchev–Trinajstić information content (AvgIpc) is 2.94. The van der Waals surface area contributed by atoms with Gasteiger partial charge in [-0.05, 0) is 51.2 Å². The lowest BCUT2D eigenvalue weighted by Gasteiger charge is -2.21. The van der Waals surface area contributed by atoms with Crippen LogP contribution in [0.1, 0.15) is 51.1 Å². The number of oxazole rings is 1. The number of nitrogens with one attached hydrogen (secondary N) is 1. The normalized spacial score (nSPS) is 17.9. The van der Waals surface area contributed by atoms with Crippen molar-refractivity contribution in [2.75, 3.05) is 13.2 Å². The first-order valence-electron chi connectivity index (χ1n) is 9.59. The highest BCUT2D eigenvalue weighted by Gasteiger charge is 2.31. The monoisotopic (exact) mass is 389 g/mol. The number of rotatable bonds is 8. The van der Waals surface area contributed by atoms with E-state index in [9.17, 15) is 14.4 Å². The number of para-hydroxylation sites is 1. The number of aromatic nitrogens is 1. The van der Waals surface area contributed by atoms with E-state index < -0.39 is 17.7 Å². The molecule has 152 valence electrons. The van der Waals surface area contributed by atoms with Crippen molar-refractivity contribution < 1.29 is 18.7 Å². The van der Waals surface area contributed by atoms with Crippen molar-refractivity contribution in [2.45, 2.75) is 57.5 Å². The number of nitrogens with zero attached hydrogens (tertiary/aromatic N) is 1. The van der Waals surface area contributed by atoms with Crippen LogP contribution < -0.4 is 16.8 Å². The summed E-state index contributed by atoms with van der Waals surface area (Å²) in [7, 11) is 0. The third-order valence-corrected chi connectivity index (χ3v) is 4.87. The van der Waals surface area contributed by atoms with Gasteiger partial charge in [-0.3, -0.25) is 19.5 Å². The summed E-state index contributed by atoms with van der Waals surface area (Å²) in [6, 6.07) is 4.77. The molecule has 1 aromatic carbocycles. The van der Waals surface area contributed by atoms with E-state index in [1.54, 1.807) is 6.07 Å². The molecule has 1 saturated heterocycles. The number of imide groups is 1. The van der Waals surface area contributed by atoms with Crippen LogP contribution in [0, 0.1) is 0 Å². The lowest BCUT2D eigenvalue weighted by molar-refractivity contribution is -0.135. The maximum Gasteiger partial charge on any atom is 0.420 e. The minimum absolute atomic E-state index is 0.201. The topological polar surface area (TPSA) is 117 Å². The predicted octanol–water partition coefficient (Wildman–Crippen LogP) is 1.65. The zero-order chi connectivity index (χ0) is 20.3. The number of benzene rings is 1. The standard InChI is InChI=1S/C20H27N3O5/c1-20(2,21)10-12-27-11-4-6-13-5-3-7-14-17(13)28-19(26)23(14)15-8-9-16(24)22-18(15)25/h3,5,7,15H,4,6,8-12,21H2,1-2H3,(H,22,24,25). The van der Waals surface area contributed by atoms with Crippen LogP contribution in [0.3, 0.4) is 0 Å². The van der Waals surface area contributed by atoms with Crippen LogP contribution in [-0.4, -0.2) is 35.1 Å². The van der Waals surface area contributed by atoms with Gasteiger partial charge in [0.15, 0.2) is 5.58 Å². The van der Waals surface area contributed by atoms with E-state index in [2.05, 4.69) is 5.32 Å². The average molecular weight is 389 g/mol.